The molecule has 0 saturated heterocycles. The van der Waals surface area contributed by atoms with Gasteiger partial charge in [-0.15, -0.1) is 0 Å². The van der Waals surface area contributed by atoms with Gasteiger partial charge in [-0.05, 0) is 50.2 Å². The number of nitrogens with zero attached hydrogens (tertiary/aromatic N) is 1. The number of hydrogen-bond donors (Lipinski definition) is 2. The quantitative estimate of drug-likeness (QED) is 0.561. The maximum Gasteiger partial charge on any atom is 0.338 e. The van der Waals surface area contributed by atoms with Crippen LogP contribution >= 0.6 is 0 Å². The summed E-state index contributed by atoms with van der Waals surface area (Å²) < 4.78 is 4.95. The number of aliphatic imine (C=N–C) groups is 1. The molecule has 0 radical (unpaired) electrons. The first-order chi connectivity index (χ1) is 11.6. The molecular weight excluding hydrogens is 304 g/mol. The summed E-state index contributed by atoms with van der Waals surface area (Å²) in [5.74, 6) is -0.264. The number of carbonyl (C=O) groups is 1. The number of H-pyrrole nitrogens is 1. The summed E-state index contributed by atoms with van der Waals surface area (Å²) in [6, 6.07) is 12.7. The molecule has 0 aliphatic rings. The minimum absolute atomic E-state index is 0.0856. The fourth-order valence-corrected chi connectivity index (χ4v) is 2.48. The molecular formula is C19H18N2O3. The second-order valence-corrected chi connectivity index (χ2v) is 5.46. The lowest BCUT2D eigenvalue weighted by atomic mass is 10.1. The van der Waals surface area contributed by atoms with Crippen molar-refractivity contribution in [3.05, 3.63) is 59.2 Å². The molecule has 2 aromatic carbocycles. The molecule has 0 aliphatic heterocycles. The molecule has 0 bridgehead atoms. The van der Waals surface area contributed by atoms with Crippen LogP contribution in [0.4, 0.5) is 5.69 Å². The molecule has 2 N–H and O–H groups in total. The molecule has 5 heteroatoms. The molecule has 0 saturated carbocycles. The number of ether oxygens (including phenoxy) is 1. The number of aromatic hydroxyl groups is 1. The van der Waals surface area contributed by atoms with E-state index in [1.54, 1.807) is 37.4 Å². The lowest BCUT2D eigenvalue weighted by Crippen LogP contribution is -2.03. The summed E-state index contributed by atoms with van der Waals surface area (Å²) in [4.78, 5) is 18.9. The molecule has 24 heavy (non-hydrogen) atoms. The van der Waals surface area contributed by atoms with Gasteiger partial charge >= 0.3 is 5.97 Å². The Balaban J connectivity index is 1.87. The molecule has 0 amide bonds. The number of nitrogens with one attached hydrogen (secondary N) is 1. The van der Waals surface area contributed by atoms with Crippen LogP contribution < -0.4 is 0 Å². The highest BCUT2D eigenvalue weighted by atomic mass is 16.5. The summed E-state index contributed by atoms with van der Waals surface area (Å²) in [7, 11) is 0. The van der Waals surface area contributed by atoms with E-state index in [1.807, 2.05) is 25.1 Å². The zero-order valence-corrected chi connectivity index (χ0v) is 13.5. The van der Waals surface area contributed by atoms with E-state index in [4.69, 9.17) is 4.74 Å². The van der Waals surface area contributed by atoms with Crippen molar-refractivity contribution in [3.8, 4) is 5.88 Å². The molecule has 0 unspecified atom stereocenters. The molecule has 122 valence electrons. The average molecular weight is 322 g/mol. The molecule has 0 fully saturated rings. The van der Waals surface area contributed by atoms with Gasteiger partial charge in [-0.2, -0.15) is 0 Å². The lowest BCUT2D eigenvalue weighted by molar-refractivity contribution is 0.0526. The summed E-state index contributed by atoms with van der Waals surface area (Å²) >= 11 is 0. The summed E-state index contributed by atoms with van der Waals surface area (Å²) in [5.41, 5.74) is 3.78. The van der Waals surface area contributed by atoms with E-state index in [0.717, 1.165) is 16.5 Å². The van der Waals surface area contributed by atoms with Crippen molar-refractivity contribution < 1.29 is 14.6 Å². The van der Waals surface area contributed by atoms with Crippen LogP contribution in [-0.4, -0.2) is 28.9 Å². The standard InChI is InChI=1S/C19H18N2O3/c1-3-24-19(23)13-5-7-14(8-6-13)20-11-16-15-10-12(2)4-9-17(15)21-18(16)22/h4-11,21-22H,3H2,1-2H3. The number of carbonyl (C=O) groups excluding carboxylic acids is 1. The third-order valence-electron chi connectivity index (χ3n) is 3.69. The number of rotatable bonds is 4. The van der Waals surface area contributed by atoms with E-state index in [1.165, 1.54) is 0 Å². The number of fused-ring (bicyclic) bond motifs is 1. The largest absolute Gasteiger partial charge is 0.494 e. The third-order valence-corrected chi connectivity index (χ3v) is 3.69. The zero-order valence-electron chi connectivity index (χ0n) is 13.5. The van der Waals surface area contributed by atoms with Crippen LogP contribution in [0.3, 0.4) is 0 Å². The van der Waals surface area contributed by atoms with Crippen molar-refractivity contribution in [2.24, 2.45) is 4.99 Å². The number of aromatic amines is 1. The van der Waals surface area contributed by atoms with Crippen molar-refractivity contribution in [2.45, 2.75) is 13.8 Å². The monoisotopic (exact) mass is 322 g/mol. The molecule has 1 heterocycles. The summed E-state index contributed by atoms with van der Waals surface area (Å²) in [5, 5.41) is 11.0. The predicted octanol–water partition coefficient (Wildman–Crippen LogP) is 4.11. The van der Waals surface area contributed by atoms with E-state index in [0.29, 0.717) is 23.4 Å². The minimum Gasteiger partial charge on any atom is -0.494 e. The summed E-state index contributed by atoms with van der Waals surface area (Å²) in [6.07, 6.45) is 1.62. The third kappa shape index (κ3) is 3.15. The smallest absolute Gasteiger partial charge is 0.338 e. The number of benzene rings is 2. The van der Waals surface area contributed by atoms with Crippen molar-refractivity contribution in [1.82, 2.24) is 4.98 Å². The number of aromatic nitrogens is 1. The maximum atomic E-state index is 11.6. The average Bonchev–Trinajstić information content (AvgIpc) is 2.88. The molecule has 0 atom stereocenters. The molecule has 0 spiro atoms. The molecule has 5 nitrogen and oxygen atoms in total. The number of esters is 1. The number of hydrogen-bond acceptors (Lipinski definition) is 4. The lowest BCUT2D eigenvalue weighted by Gasteiger charge is -2.01. The number of aryl methyl sites for hydroxylation is 1. The minimum atomic E-state index is -0.349. The molecule has 3 rings (SSSR count). The molecule has 0 aliphatic carbocycles. The van der Waals surface area contributed by atoms with Crippen molar-refractivity contribution in [2.75, 3.05) is 6.61 Å². The van der Waals surface area contributed by atoms with Gasteiger partial charge in [0.15, 0.2) is 5.88 Å². The van der Waals surface area contributed by atoms with Crippen molar-refractivity contribution in [3.63, 3.8) is 0 Å². The zero-order chi connectivity index (χ0) is 17.1. The van der Waals surface area contributed by atoms with Gasteiger partial charge in [0, 0.05) is 17.1 Å². The first-order valence-corrected chi connectivity index (χ1v) is 7.71. The van der Waals surface area contributed by atoms with Crippen LogP contribution in [0.25, 0.3) is 10.9 Å². The highest BCUT2D eigenvalue weighted by Gasteiger charge is 2.09. The first kappa shape index (κ1) is 15.8. The Morgan fingerprint density at radius 2 is 2.00 bits per heavy atom. The summed E-state index contributed by atoms with van der Waals surface area (Å²) in [6.45, 7) is 4.11. The Bertz CT molecular complexity index is 908. The highest BCUT2D eigenvalue weighted by molar-refractivity contribution is 6.02. The van der Waals surface area contributed by atoms with Gasteiger partial charge in [0.2, 0.25) is 0 Å². The fourth-order valence-electron chi connectivity index (χ4n) is 2.48. The van der Waals surface area contributed by atoms with Crippen LogP contribution in [0.1, 0.15) is 28.4 Å². The topological polar surface area (TPSA) is 74.7 Å². The van der Waals surface area contributed by atoms with E-state index in [-0.39, 0.29) is 11.8 Å². The SMILES string of the molecule is CCOC(=O)c1ccc(N=Cc2c(O)[nH]c3ccc(C)cc23)cc1. The van der Waals surface area contributed by atoms with Crippen molar-refractivity contribution >= 4 is 28.8 Å². The van der Waals surface area contributed by atoms with E-state index in [2.05, 4.69) is 9.98 Å². The van der Waals surface area contributed by atoms with Crippen LogP contribution in [0.5, 0.6) is 5.88 Å². The van der Waals surface area contributed by atoms with Gasteiger partial charge in [0.25, 0.3) is 0 Å². The highest BCUT2D eigenvalue weighted by Crippen LogP contribution is 2.27. The van der Waals surface area contributed by atoms with Crippen molar-refractivity contribution in [1.29, 1.82) is 0 Å². The van der Waals surface area contributed by atoms with Gasteiger partial charge in [-0.25, -0.2) is 4.79 Å². The Morgan fingerprint density at radius 1 is 1.25 bits per heavy atom. The van der Waals surface area contributed by atoms with Gasteiger partial charge in [-0.3, -0.25) is 4.99 Å². The van der Waals surface area contributed by atoms with Gasteiger partial charge in [0.1, 0.15) is 0 Å². The Kier molecular flexibility index (Phi) is 4.33. The van der Waals surface area contributed by atoms with Crippen LogP contribution in [0.2, 0.25) is 0 Å². The van der Waals surface area contributed by atoms with E-state index in [9.17, 15) is 9.90 Å². The van der Waals surface area contributed by atoms with E-state index >= 15 is 0 Å². The predicted molar refractivity (Wildman–Crippen MR) is 94.4 cm³/mol. The van der Waals surface area contributed by atoms with Crippen LogP contribution in [0, 0.1) is 6.92 Å². The normalized spacial score (nSPS) is 11.2. The van der Waals surface area contributed by atoms with Gasteiger partial charge in [-0.1, -0.05) is 11.6 Å². The fraction of sp³-hybridized carbons (Fsp3) is 0.158. The maximum absolute atomic E-state index is 11.6. The van der Waals surface area contributed by atoms with E-state index < -0.39 is 0 Å². The van der Waals surface area contributed by atoms with Gasteiger partial charge in [0.05, 0.1) is 23.4 Å². The Labute approximate surface area is 139 Å². The second-order valence-electron chi connectivity index (χ2n) is 5.46. The molecule has 1 aromatic heterocycles. The van der Waals surface area contributed by atoms with Crippen LogP contribution in [0.15, 0.2) is 47.5 Å². The van der Waals surface area contributed by atoms with Crippen LogP contribution in [-0.2, 0) is 4.74 Å². The first-order valence-electron chi connectivity index (χ1n) is 7.71. The Morgan fingerprint density at radius 3 is 2.71 bits per heavy atom. The Hall–Kier alpha value is -3.08. The van der Waals surface area contributed by atoms with Gasteiger partial charge < -0.3 is 14.8 Å². The molecule has 3 aromatic rings. The second kappa shape index (κ2) is 6.58.